The van der Waals surface area contributed by atoms with E-state index in [1.165, 1.54) is 0 Å². The van der Waals surface area contributed by atoms with Crippen molar-refractivity contribution in [3.05, 3.63) is 289 Å². The molecule has 2 heterocycles. The van der Waals surface area contributed by atoms with E-state index < -0.39 is 0 Å². The molecule has 13 rings (SSSR count). The van der Waals surface area contributed by atoms with E-state index in [4.69, 9.17) is 4.42 Å². The van der Waals surface area contributed by atoms with E-state index in [1.807, 2.05) is 91.0 Å². The van der Waals surface area contributed by atoms with Crippen LogP contribution in [0.15, 0.2) is 275 Å². The van der Waals surface area contributed by atoms with E-state index >= 15 is 0 Å². The number of hydrogen-bond acceptors (Lipinski definition) is 6. The first kappa shape index (κ1) is 45.8. The molecule has 0 saturated heterocycles. The maximum absolute atomic E-state index is 10.7. The van der Waals surface area contributed by atoms with Crippen molar-refractivity contribution in [3.63, 3.8) is 0 Å². The van der Waals surface area contributed by atoms with Crippen LogP contribution in [-0.2, 0) is 0 Å². The van der Waals surface area contributed by atoms with Gasteiger partial charge >= 0.3 is 0 Å². The van der Waals surface area contributed by atoms with Crippen molar-refractivity contribution >= 4 is 96.1 Å². The number of nitrogens with one attached hydrogen (secondary N) is 1. The molecule has 0 unspecified atom stereocenters. The van der Waals surface area contributed by atoms with Crippen molar-refractivity contribution in [2.24, 2.45) is 4.40 Å². The first-order valence-corrected chi connectivity index (χ1v) is 25.5. The molecule has 0 aliphatic heterocycles. The van der Waals surface area contributed by atoms with Crippen molar-refractivity contribution in [3.8, 4) is 34.0 Å². The maximum atomic E-state index is 10.7. The fourth-order valence-corrected chi connectivity index (χ4v) is 11.1. The predicted octanol–water partition coefficient (Wildman–Crippen LogP) is 17.9. The van der Waals surface area contributed by atoms with Gasteiger partial charge in [-0.25, -0.2) is 4.40 Å². The lowest BCUT2D eigenvalue weighted by Crippen LogP contribution is -2.30. The number of nitriles is 1. The van der Waals surface area contributed by atoms with Crippen LogP contribution in [0.4, 0.5) is 11.4 Å². The highest BCUT2D eigenvalue weighted by atomic mass is 32.1. The zero-order chi connectivity index (χ0) is 51.1. The number of nitrogens with zero attached hydrogens (tertiary/aromatic N) is 4. The van der Waals surface area contributed by atoms with Crippen molar-refractivity contribution in [1.82, 2.24) is 4.57 Å². The predicted molar refractivity (Wildman–Crippen MR) is 319 cm³/mol. The van der Waals surface area contributed by atoms with Crippen LogP contribution >= 0.6 is 12.8 Å². The number of fused-ring (bicyclic) bond motifs is 6. The van der Waals surface area contributed by atoms with Gasteiger partial charge in [0.15, 0.2) is 0 Å². The molecule has 1 aliphatic carbocycles. The van der Waals surface area contributed by atoms with Crippen LogP contribution in [0, 0.1) is 16.7 Å². The van der Waals surface area contributed by atoms with Gasteiger partial charge in [-0.3, -0.25) is 5.41 Å². The van der Waals surface area contributed by atoms with Gasteiger partial charge < -0.3 is 13.9 Å². The van der Waals surface area contributed by atoms with Crippen molar-refractivity contribution in [2.45, 2.75) is 0 Å². The number of anilines is 2. The van der Waals surface area contributed by atoms with Crippen LogP contribution in [0.1, 0.15) is 22.3 Å². The third-order valence-electron chi connectivity index (χ3n) is 14.5. The number of hydrogen-bond donors (Lipinski definition) is 2. The molecule has 1 N–H and O–H groups in total. The molecule has 12 aromatic rings. The molecule has 0 fully saturated rings. The Balaban J connectivity index is 0.898. The summed E-state index contributed by atoms with van der Waals surface area (Å²) in [5.74, 6) is 0. The average molecular weight is 992 g/mol. The van der Waals surface area contributed by atoms with Crippen LogP contribution < -0.4 is 4.90 Å². The number of benzene rings is 10. The number of aromatic nitrogens is 1. The average Bonchev–Trinajstić information content (AvgIpc) is 4.04. The second-order valence-corrected chi connectivity index (χ2v) is 19.0. The SMILES string of the molecule is N#CC(=C(c1ccccc1)c1ccccc1)c1ccc(-c2ccc(N(C3=CC=C(c4cccc5c4c4ccccc4n5-c4ccc5oc6ccccc6c5c4)C(=NS)C3=N)c3ccc(-c4ccccc4)cc3)cc2)cc1. The Kier molecular flexibility index (Phi) is 11.7. The minimum Gasteiger partial charge on any atom is -0.456 e. The topological polar surface area (TPSA) is 81.3 Å². The second kappa shape index (κ2) is 19.4. The Morgan fingerprint density at radius 3 is 1.67 bits per heavy atom. The summed E-state index contributed by atoms with van der Waals surface area (Å²) in [6.07, 6.45) is 4.12. The lowest BCUT2D eigenvalue weighted by Gasteiger charge is -2.31. The first-order valence-electron chi connectivity index (χ1n) is 25.1. The van der Waals surface area contributed by atoms with Gasteiger partial charge in [0, 0.05) is 49.8 Å². The van der Waals surface area contributed by atoms with Gasteiger partial charge in [-0.1, -0.05) is 188 Å². The highest BCUT2D eigenvalue weighted by molar-refractivity contribution is 7.79. The molecule has 76 heavy (non-hydrogen) atoms. The van der Waals surface area contributed by atoms with Crippen LogP contribution in [0.25, 0.3) is 88.4 Å². The van der Waals surface area contributed by atoms with Gasteiger partial charge in [0.05, 0.1) is 22.3 Å². The van der Waals surface area contributed by atoms with Crippen LogP contribution in [-0.4, -0.2) is 16.0 Å². The third kappa shape index (κ3) is 8.02. The van der Waals surface area contributed by atoms with E-state index in [-0.39, 0.29) is 5.71 Å². The molecular formula is C69H45N5OS. The van der Waals surface area contributed by atoms with Crippen LogP contribution in [0.2, 0.25) is 0 Å². The Morgan fingerprint density at radius 2 is 1.04 bits per heavy atom. The van der Waals surface area contributed by atoms with E-state index in [2.05, 4.69) is 203 Å². The molecule has 0 bridgehead atoms. The molecule has 358 valence electrons. The molecule has 0 radical (unpaired) electrons. The summed E-state index contributed by atoms with van der Waals surface area (Å²) < 4.78 is 13.1. The Hall–Kier alpha value is -10.0. The molecule has 10 aromatic carbocycles. The normalized spacial score (nSPS) is 13.0. The van der Waals surface area contributed by atoms with E-state index in [0.29, 0.717) is 17.0 Å². The van der Waals surface area contributed by atoms with E-state index in [0.717, 1.165) is 116 Å². The van der Waals surface area contributed by atoms with E-state index in [9.17, 15) is 10.7 Å². The number of thiol groups is 1. The first-order chi connectivity index (χ1) is 37.5. The van der Waals surface area contributed by atoms with E-state index in [1.54, 1.807) is 0 Å². The Labute approximate surface area is 445 Å². The fourth-order valence-electron chi connectivity index (χ4n) is 10.9. The summed E-state index contributed by atoms with van der Waals surface area (Å²) in [6.45, 7) is 0. The number of rotatable bonds is 10. The van der Waals surface area contributed by atoms with Gasteiger partial charge in [-0.05, 0) is 130 Å². The molecule has 0 amide bonds. The lowest BCUT2D eigenvalue weighted by molar-refractivity contribution is 0.669. The van der Waals surface area contributed by atoms with Crippen molar-refractivity contribution in [2.75, 3.05) is 4.90 Å². The summed E-state index contributed by atoms with van der Waals surface area (Å²) in [5, 5.41) is 25.0. The molecular weight excluding hydrogens is 947 g/mol. The highest BCUT2D eigenvalue weighted by Crippen LogP contribution is 2.42. The molecule has 1 aliphatic rings. The van der Waals surface area contributed by atoms with Gasteiger partial charge in [0.1, 0.15) is 28.7 Å². The number of furan rings is 1. The number of para-hydroxylation sites is 2. The summed E-state index contributed by atoms with van der Waals surface area (Å²) >= 11 is 4.61. The van der Waals surface area contributed by atoms with Gasteiger partial charge in [-0.2, -0.15) is 5.26 Å². The zero-order valence-corrected chi connectivity index (χ0v) is 41.9. The smallest absolute Gasteiger partial charge is 0.135 e. The highest BCUT2D eigenvalue weighted by Gasteiger charge is 2.29. The third-order valence-corrected chi connectivity index (χ3v) is 14.7. The largest absolute Gasteiger partial charge is 0.456 e. The van der Waals surface area contributed by atoms with Gasteiger partial charge in [0.2, 0.25) is 0 Å². The molecule has 2 aromatic heterocycles. The van der Waals surface area contributed by atoms with Crippen LogP contribution in [0.3, 0.4) is 0 Å². The Morgan fingerprint density at radius 1 is 0.500 bits per heavy atom. The molecule has 0 spiro atoms. The lowest BCUT2D eigenvalue weighted by atomic mass is 9.89. The molecule has 7 heteroatoms. The minimum absolute atomic E-state index is 0.240. The quantitative estimate of drug-likeness (QED) is 0.0620. The van der Waals surface area contributed by atoms with Crippen molar-refractivity contribution < 1.29 is 4.42 Å². The van der Waals surface area contributed by atoms with Gasteiger partial charge in [0.25, 0.3) is 0 Å². The summed E-state index contributed by atoms with van der Waals surface area (Å²) in [6, 6.07) is 87.6. The Bertz CT molecular complexity index is 4350. The summed E-state index contributed by atoms with van der Waals surface area (Å²) in [7, 11) is 0. The second-order valence-electron chi connectivity index (χ2n) is 18.8. The summed E-state index contributed by atoms with van der Waals surface area (Å²) in [4.78, 5) is 2.12. The van der Waals surface area contributed by atoms with Crippen molar-refractivity contribution in [1.29, 1.82) is 10.7 Å². The molecule has 0 atom stereocenters. The summed E-state index contributed by atoms with van der Waals surface area (Å²) in [5.41, 5.74) is 18.3. The number of allylic oxidation sites excluding steroid dienone is 5. The molecule has 0 saturated carbocycles. The molecule has 6 nitrogen and oxygen atoms in total. The minimum atomic E-state index is 0.240. The monoisotopic (exact) mass is 991 g/mol. The fraction of sp³-hybridized carbons (Fsp3) is 0. The zero-order valence-electron chi connectivity index (χ0n) is 41.0. The van der Waals surface area contributed by atoms with Gasteiger partial charge in [-0.15, -0.1) is 0 Å². The maximum Gasteiger partial charge on any atom is 0.135 e. The standard InChI is InChI=1S/C69H45N5OS/c70-44-60(66(50-17-6-2-7-18-50)51-19-8-3-9-20-51)49-29-27-46(28-30-49)48-33-37-53(38-34-48)73(52-35-31-47(32-36-52)45-15-4-1-5-16-45)63-41-40-57(69(72-76)68(63)71)56-23-14-25-62-67(56)58-22-10-12-24-61(58)74(62)54-39-42-65-59(43-54)55-21-11-13-26-64(55)75-65/h1-43,71,76H. The van der Waals surface area contributed by atoms with Crippen LogP contribution in [0.5, 0.6) is 0 Å².